The van der Waals surface area contributed by atoms with Crippen LogP contribution in [0.4, 0.5) is 4.39 Å². The summed E-state index contributed by atoms with van der Waals surface area (Å²) in [5, 5.41) is 7.26. The highest BCUT2D eigenvalue weighted by Crippen LogP contribution is 2.25. The van der Waals surface area contributed by atoms with E-state index in [0.717, 1.165) is 5.56 Å². The summed E-state index contributed by atoms with van der Waals surface area (Å²) in [6, 6.07) is 7.25. The first-order chi connectivity index (χ1) is 7.74. The fourth-order valence-corrected chi connectivity index (χ4v) is 1.90. The molecule has 0 unspecified atom stereocenters. The molecular formula is C10H9ClFN3S. The van der Waals surface area contributed by atoms with Crippen molar-refractivity contribution in [2.75, 3.05) is 6.67 Å². The molecule has 16 heavy (non-hydrogen) atoms. The van der Waals surface area contributed by atoms with E-state index < -0.39 is 6.67 Å². The van der Waals surface area contributed by atoms with E-state index >= 15 is 0 Å². The van der Waals surface area contributed by atoms with Gasteiger partial charge in [0, 0.05) is 5.56 Å². The summed E-state index contributed by atoms with van der Waals surface area (Å²) in [6.45, 7) is -0.318. The number of nitrogens with one attached hydrogen (secondary N) is 1. The lowest BCUT2D eigenvalue weighted by molar-refractivity contribution is 0.445. The number of rotatable bonds is 3. The molecule has 2 aromatic rings. The van der Waals surface area contributed by atoms with Crippen molar-refractivity contribution in [3.63, 3.8) is 0 Å². The van der Waals surface area contributed by atoms with Crippen molar-refractivity contribution >= 4 is 23.8 Å². The Balaban J connectivity index is 2.56. The van der Waals surface area contributed by atoms with Gasteiger partial charge in [0.05, 0.1) is 11.6 Å². The van der Waals surface area contributed by atoms with Crippen molar-refractivity contribution in [3.05, 3.63) is 34.1 Å². The molecule has 0 atom stereocenters. The second-order valence-corrected chi connectivity index (χ2v) is 3.97. The molecule has 1 aromatic heterocycles. The number of aromatic nitrogens is 3. The number of hydrogen-bond donors (Lipinski definition) is 1. The first-order valence-electron chi connectivity index (χ1n) is 4.70. The molecule has 0 aliphatic carbocycles. The Kier molecular flexibility index (Phi) is 3.36. The van der Waals surface area contributed by atoms with Crippen LogP contribution >= 0.6 is 23.8 Å². The van der Waals surface area contributed by atoms with E-state index in [1.54, 1.807) is 10.6 Å². The molecule has 0 saturated heterocycles. The molecule has 1 heterocycles. The van der Waals surface area contributed by atoms with E-state index in [2.05, 4.69) is 10.2 Å². The molecule has 2 rings (SSSR count). The van der Waals surface area contributed by atoms with Gasteiger partial charge in [-0.3, -0.25) is 9.67 Å². The summed E-state index contributed by atoms with van der Waals surface area (Å²) in [4.78, 5) is 0. The highest BCUT2D eigenvalue weighted by molar-refractivity contribution is 7.71. The Bertz CT molecular complexity index is 549. The predicted octanol–water partition coefficient (Wildman–Crippen LogP) is 3.23. The van der Waals surface area contributed by atoms with E-state index in [1.807, 2.05) is 18.2 Å². The molecular weight excluding hydrogens is 249 g/mol. The summed E-state index contributed by atoms with van der Waals surface area (Å²) in [5.41, 5.74) is 0.741. The van der Waals surface area contributed by atoms with E-state index in [9.17, 15) is 4.39 Å². The first-order valence-corrected chi connectivity index (χ1v) is 5.48. The molecule has 0 fully saturated rings. The predicted molar refractivity (Wildman–Crippen MR) is 63.8 cm³/mol. The van der Waals surface area contributed by atoms with E-state index in [0.29, 0.717) is 15.6 Å². The van der Waals surface area contributed by atoms with E-state index in [4.69, 9.17) is 23.8 Å². The zero-order chi connectivity index (χ0) is 11.5. The van der Waals surface area contributed by atoms with Gasteiger partial charge >= 0.3 is 0 Å². The van der Waals surface area contributed by atoms with Gasteiger partial charge in [-0.25, -0.2) is 4.39 Å². The van der Waals surface area contributed by atoms with E-state index in [-0.39, 0.29) is 6.54 Å². The van der Waals surface area contributed by atoms with Gasteiger partial charge in [0.2, 0.25) is 0 Å². The van der Waals surface area contributed by atoms with Crippen LogP contribution < -0.4 is 0 Å². The number of nitrogens with zero attached hydrogens (tertiary/aromatic N) is 2. The molecule has 3 nitrogen and oxygen atoms in total. The van der Waals surface area contributed by atoms with Gasteiger partial charge in [-0.05, 0) is 24.4 Å². The van der Waals surface area contributed by atoms with Gasteiger partial charge in [-0.1, -0.05) is 23.7 Å². The molecule has 1 N–H and O–H groups in total. The molecule has 0 aliphatic heterocycles. The lowest BCUT2D eigenvalue weighted by atomic mass is 10.2. The number of hydrogen-bond acceptors (Lipinski definition) is 2. The highest BCUT2D eigenvalue weighted by Gasteiger charge is 2.11. The summed E-state index contributed by atoms with van der Waals surface area (Å²) < 4.78 is 14.4. The van der Waals surface area contributed by atoms with E-state index in [1.165, 1.54) is 0 Å². The second-order valence-electron chi connectivity index (χ2n) is 3.17. The van der Waals surface area contributed by atoms with Crippen LogP contribution in [0.25, 0.3) is 11.4 Å². The SMILES string of the molecule is FCCn1c(-c2ccccc2Cl)n[nH]c1=S. The summed E-state index contributed by atoms with van der Waals surface area (Å²) >= 11 is 11.1. The number of H-pyrrole nitrogens is 1. The fourth-order valence-electron chi connectivity index (χ4n) is 1.46. The smallest absolute Gasteiger partial charge is 0.195 e. The van der Waals surface area contributed by atoms with Gasteiger partial charge in [0.15, 0.2) is 10.6 Å². The fraction of sp³-hybridized carbons (Fsp3) is 0.200. The molecule has 1 aromatic carbocycles. The van der Waals surface area contributed by atoms with Crippen molar-refractivity contribution in [1.29, 1.82) is 0 Å². The molecule has 0 spiro atoms. The van der Waals surface area contributed by atoms with Crippen LogP contribution in [-0.4, -0.2) is 21.4 Å². The van der Waals surface area contributed by atoms with Crippen molar-refractivity contribution < 1.29 is 4.39 Å². The summed E-state index contributed by atoms with van der Waals surface area (Å²) in [7, 11) is 0. The van der Waals surface area contributed by atoms with Gasteiger partial charge in [-0.2, -0.15) is 5.10 Å². The highest BCUT2D eigenvalue weighted by atomic mass is 35.5. The molecule has 0 aliphatic rings. The van der Waals surface area contributed by atoms with Gasteiger partial charge in [-0.15, -0.1) is 0 Å². The molecule has 0 bridgehead atoms. The normalized spacial score (nSPS) is 10.6. The maximum absolute atomic E-state index is 12.4. The third-order valence-electron chi connectivity index (χ3n) is 2.18. The summed E-state index contributed by atoms with van der Waals surface area (Å²) in [5.74, 6) is 0.563. The Morgan fingerprint density at radius 2 is 2.19 bits per heavy atom. The molecule has 0 saturated carbocycles. The minimum absolute atomic E-state index is 0.176. The zero-order valence-electron chi connectivity index (χ0n) is 8.28. The molecule has 0 amide bonds. The lowest BCUT2D eigenvalue weighted by Crippen LogP contribution is -2.02. The molecule has 84 valence electrons. The third-order valence-corrected chi connectivity index (χ3v) is 2.82. The van der Waals surface area contributed by atoms with Crippen LogP contribution in [0.15, 0.2) is 24.3 Å². The minimum atomic E-state index is -0.495. The monoisotopic (exact) mass is 257 g/mol. The molecule has 6 heteroatoms. The van der Waals surface area contributed by atoms with Gasteiger partial charge in [0.25, 0.3) is 0 Å². The number of aromatic amines is 1. The van der Waals surface area contributed by atoms with Crippen molar-refractivity contribution in [1.82, 2.24) is 14.8 Å². The average molecular weight is 258 g/mol. The summed E-state index contributed by atoms with van der Waals surface area (Å²) in [6.07, 6.45) is 0. The van der Waals surface area contributed by atoms with Crippen LogP contribution in [0.1, 0.15) is 0 Å². The first kappa shape index (κ1) is 11.3. The standard InChI is InChI=1S/C10H9ClFN3S/c11-8-4-2-1-3-7(8)9-13-14-10(16)15(9)6-5-12/h1-4H,5-6H2,(H,14,16). The third kappa shape index (κ3) is 2.01. The average Bonchev–Trinajstić information content (AvgIpc) is 2.62. The van der Waals surface area contributed by atoms with Crippen LogP contribution in [0.5, 0.6) is 0 Å². The largest absolute Gasteiger partial charge is 0.297 e. The Morgan fingerprint density at radius 3 is 2.88 bits per heavy atom. The maximum Gasteiger partial charge on any atom is 0.195 e. The van der Waals surface area contributed by atoms with Gasteiger partial charge < -0.3 is 0 Å². The lowest BCUT2D eigenvalue weighted by Gasteiger charge is -2.05. The molecule has 0 radical (unpaired) electrons. The number of halogens is 2. The van der Waals surface area contributed by atoms with Crippen LogP contribution in [0, 0.1) is 4.77 Å². The van der Waals surface area contributed by atoms with Crippen molar-refractivity contribution in [2.24, 2.45) is 0 Å². The zero-order valence-corrected chi connectivity index (χ0v) is 9.85. The van der Waals surface area contributed by atoms with Gasteiger partial charge in [0.1, 0.15) is 6.67 Å². The van der Waals surface area contributed by atoms with Crippen LogP contribution in [0.3, 0.4) is 0 Å². The topological polar surface area (TPSA) is 33.6 Å². The van der Waals surface area contributed by atoms with Crippen molar-refractivity contribution in [3.8, 4) is 11.4 Å². The Labute approximate surface area is 102 Å². The Hall–Kier alpha value is -1.20. The van der Waals surface area contributed by atoms with Crippen LogP contribution in [0.2, 0.25) is 5.02 Å². The number of benzene rings is 1. The second kappa shape index (κ2) is 4.76. The van der Waals surface area contributed by atoms with Crippen LogP contribution in [-0.2, 0) is 6.54 Å². The quantitative estimate of drug-likeness (QED) is 0.857. The maximum atomic E-state index is 12.4. The Morgan fingerprint density at radius 1 is 1.44 bits per heavy atom. The number of alkyl halides is 1. The van der Waals surface area contributed by atoms with Crippen molar-refractivity contribution in [2.45, 2.75) is 6.54 Å². The minimum Gasteiger partial charge on any atom is -0.297 e.